The summed E-state index contributed by atoms with van der Waals surface area (Å²) in [7, 11) is 0. The topological polar surface area (TPSA) is 45.0 Å². The van der Waals surface area contributed by atoms with Crippen molar-refractivity contribution in [2.75, 3.05) is 6.61 Å². The van der Waals surface area contributed by atoms with Crippen molar-refractivity contribution >= 4 is 26.3 Å². The van der Waals surface area contributed by atoms with Crippen molar-refractivity contribution in [1.29, 1.82) is 0 Å². The number of benzene rings is 1. The van der Waals surface area contributed by atoms with Crippen LogP contribution in [0.4, 0.5) is 13.2 Å². The zero-order valence-corrected chi connectivity index (χ0v) is 12.7. The van der Waals surface area contributed by atoms with Gasteiger partial charge < -0.3 is 5.11 Å². The third-order valence-corrected chi connectivity index (χ3v) is 3.80. The van der Waals surface area contributed by atoms with Crippen LogP contribution in [0.1, 0.15) is 37.2 Å². The van der Waals surface area contributed by atoms with Crippen molar-refractivity contribution in [3.63, 3.8) is 0 Å². The van der Waals surface area contributed by atoms with Crippen LogP contribution in [0, 0.1) is 17.5 Å². The molecule has 3 nitrogen and oxygen atoms in total. The van der Waals surface area contributed by atoms with E-state index in [0.717, 1.165) is 6.07 Å². The summed E-state index contributed by atoms with van der Waals surface area (Å²) in [5.74, 6) is -4.35. The minimum atomic E-state index is -1.47. The van der Waals surface area contributed by atoms with Gasteiger partial charge in [0.2, 0.25) is 0 Å². The zero-order chi connectivity index (χ0) is 15.4. The second-order valence-corrected chi connectivity index (χ2v) is 5.70. The summed E-state index contributed by atoms with van der Waals surface area (Å²) in [6, 6.07) is 2.16. The van der Waals surface area contributed by atoms with Crippen LogP contribution in [0.3, 0.4) is 0 Å². The van der Waals surface area contributed by atoms with E-state index in [-0.39, 0.29) is 12.2 Å². The Bertz CT molecular complexity index is 590. The maximum Gasteiger partial charge on any atom is 0.194 e. The van der Waals surface area contributed by atoms with E-state index in [2.05, 4.69) is 26.1 Å². The lowest BCUT2D eigenvalue weighted by Crippen LogP contribution is -2.15. The number of nitrogens with zero attached hydrogens (tertiary/aromatic N) is 2. The lowest BCUT2D eigenvalue weighted by molar-refractivity contribution is 0.282. The molecule has 21 heavy (non-hydrogen) atoms. The Morgan fingerprint density at radius 2 is 1.90 bits per heavy atom. The Morgan fingerprint density at radius 1 is 1.14 bits per heavy atom. The number of rotatable bonds is 6. The molecule has 114 valence electrons. The monoisotopic (exact) mass is 362 g/mol. The molecular formula is C14H14BrF3N2O. The molecule has 0 saturated heterocycles. The van der Waals surface area contributed by atoms with Gasteiger partial charge in [-0.2, -0.15) is 5.10 Å². The summed E-state index contributed by atoms with van der Waals surface area (Å²) < 4.78 is 41.1. The standard InChI is InChI=1S/C14H14BrF3N2O/c15-12-7-11(19-20-12)8(3-1-2-6-21)9-4-5-10(16)14(18)13(9)17/h4-5,8,21H,1-3,6-7H2. The maximum atomic E-state index is 14.0. The van der Waals surface area contributed by atoms with Crippen LogP contribution >= 0.6 is 15.9 Å². The number of aliphatic hydroxyl groups excluding tert-OH is 1. The summed E-state index contributed by atoms with van der Waals surface area (Å²) in [6.07, 6.45) is 2.08. The molecule has 0 spiro atoms. The molecule has 0 aliphatic carbocycles. The van der Waals surface area contributed by atoms with Crippen LogP contribution in [0.15, 0.2) is 22.3 Å². The molecule has 0 amide bonds. The SMILES string of the molecule is OCCCCC(C1=NN=C(Br)C1)c1ccc(F)c(F)c1F. The first-order chi connectivity index (χ1) is 10.0. The second kappa shape index (κ2) is 7.17. The third kappa shape index (κ3) is 3.71. The molecule has 0 radical (unpaired) electrons. The Labute approximate surface area is 128 Å². The molecule has 1 aromatic rings. The summed E-state index contributed by atoms with van der Waals surface area (Å²) in [5.41, 5.74) is 0.674. The van der Waals surface area contributed by atoms with E-state index in [1.54, 1.807) is 0 Å². The zero-order valence-electron chi connectivity index (χ0n) is 11.1. The van der Waals surface area contributed by atoms with E-state index in [1.807, 2.05) is 0 Å². The van der Waals surface area contributed by atoms with Crippen LogP contribution < -0.4 is 0 Å². The number of unbranched alkanes of at least 4 members (excludes halogenated alkanes) is 1. The number of halogens is 4. The van der Waals surface area contributed by atoms with Crippen LogP contribution in [-0.4, -0.2) is 22.0 Å². The van der Waals surface area contributed by atoms with E-state index >= 15 is 0 Å². The first kappa shape index (κ1) is 16.2. The summed E-state index contributed by atoms with van der Waals surface area (Å²) in [4.78, 5) is 0. The number of aliphatic hydroxyl groups is 1. The number of hydrogen-bond acceptors (Lipinski definition) is 3. The van der Waals surface area contributed by atoms with Crippen LogP contribution in [-0.2, 0) is 0 Å². The Hall–Kier alpha value is -1.21. The van der Waals surface area contributed by atoms with Crippen molar-refractivity contribution in [2.45, 2.75) is 31.6 Å². The highest BCUT2D eigenvalue weighted by Gasteiger charge is 2.27. The molecular weight excluding hydrogens is 349 g/mol. The van der Waals surface area contributed by atoms with Crippen molar-refractivity contribution < 1.29 is 18.3 Å². The molecule has 1 N–H and O–H groups in total. The molecule has 1 aliphatic heterocycles. The highest BCUT2D eigenvalue weighted by Crippen LogP contribution is 2.31. The fraction of sp³-hybridized carbons (Fsp3) is 0.429. The fourth-order valence-corrected chi connectivity index (χ4v) is 2.67. The van der Waals surface area contributed by atoms with Crippen molar-refractivity contribution in [3.05, 3.63) is 35.1 Å². The van der Waals surface area contributed by atoms with Crippen LogP contribution in [0.5, 0.6) is 0 Å². The van der Waals surface area contributed by atoms with Crippen LogP contribution in [0.25, 0.3) is 0 Å². The Kier molecular flexibility index (Phi) is 5.52. The van der Waals surface area contributed by atoms with Crippen LogP contribution in [0.2, 0.25) is 0 Å². The lowest BCUT2D eigenvalue weighted by Gasteiger charge is -2.18. The van der Waals surface area contributed by atoms with E-state index in [4.69, 9.17) is 5.11 Å². The predicted molar refractivity (Wildman–Crippen MR) is 78.4 cm³/mol. The van der Waals surface area contributed by atoms with Crippen molar-refractivity contribution in [1.82, 2.24) is 0 Å². The first-order valence-electron chi connectivity index (χ1n) is 6.57. The van der Waals surface area contributed by atoms with Gasteiger partial charge in [0.15, 0.2) is 17.5 Å². The van der Waals surface area contributed by atoms with Gasteiger partial charge in [0.05, 0.1) is 5.71 Å². The number of hydrogen-bond donors (Lipinski definition) is 1. The van der Waals surface area contributed by atoms with Gasteiger partial charge >= 0.3 is 0 Å². The van der Waals surface area contributed by atoms with Gasteiger partial charge in [0.25, 0.3) is 0 Å². The Balaban J connectivity index is 2.29. The average molecular weight is 363 g/mol. The largest absolute Gasteiger partial charge is 0.396 e. The van der Waals surface area contributed by atoms with E-state index in [0.29, 0.717) is 36.0 Å². The summed E-state index contributed by atoms with van der Waals surface area (Å²) >= 11 is 3.21. The van der Waals surface area contributed by atoms with Gasteiger partial charge in [0, 0.05) is 18.9 Å². The van der Waals surface area contributed by atoms with Gasteiger partial charge in [-0.1, -0.05) is 12.5 Å². The molecule has 0 fully saturated rings. The molecule has 0 aromatic heterocycles. The molecule has 2 rings (SSSR count). The van der Waals surface area contributed by atoms with Gasteiger partial charge in [0.1, 0.15) is 4.62 Å². The molecule has 0 bridgehead atoms. The normalized spacial score (nSPS) is 15.9. The fourth-order valence-electron chi connectivity index (χ4n) is 2.30. The minimum Gasteiger partial charge on any atom is -0.396 e. The summed E-state index contributed by atoms with van der Waals surface area (Å²) in [5, 5.41) is 16.7. The molecule has 1 heterocycles. The van der Waals surface area contributed by atoms with Gasteiger partial charge in [-0.05, 0) is 40.4 Å². The minimum absolute atomic E-state index is 0.0274. The first-order valence-corrected chi connectivity index (χ1v) is 7.37. The van der Waals surface area contributed by atoms with Gasteiger partial charge in [-0.25, -0.2) is 13.2 Å². The lowest BCUT2D eigenvalue weighted by atomic mass is 9.87. The summed E-state index contributed by atoms with van der Waals surface area (Å²) in [6.45, 7) is 0.0274. The van der Waals surface area contributed by atoms with Gasteiger partial charge in [-0.3, -0.25) is 0 Å². The maximum absolute atomic E-state index is 14.0. The van der Waals surface area contributed by atoms with E-state index in [9.17, 15) is 13.2 Å². The average Bonchev–Trinajstić information content (AvgIpc) is 2.89. The van der Waals surface area contributed by atoms with Crippen molar-refractivity contribution in [3.8, 4) is 0 Å². The highest BCUT2D eigenvalue weighted by atomic mass is 79.9. The molecule has 7 heteroatoms. The molecule has 1 aliphatic rings. The van der Waals surface area contributed by atoms with Crippen molar-refractivity contribution in [2.24, 2.45) is 10.2 Å². The van der Waals surface area contributed by atoms with E-state index < -0.39 is 23.4 Å². The molecule has 1 unspecified atom stereocenters. The third-order valence-electron chi connectivity index (χ3n) is 3.36. The highest BCUT2D eigenvalue weighted by molar-refractivity contribution is 9.18. The smallest absolute Gasteiger partial charge is 0.194 e. The molecule has 0 saturated carbocycles. The second-order valence-electron chi connectivity index (χ2n) is 4.78. The quantitative estimate of drug-likeness (QED) is 0.605. The van der Waals surface area contributed by atoms with E-state index in [1.165, 1.54) is 6.07 Å². The predicted octanol–water partition coefficient (Wildman–Crippen LogP) is 3.90. The molecule has 1 aromatic carbocycles. The van der Waals surface area contributed by atoms with Gasteiger partial charge in [-0.15, -0.1) is 5.10 Å². The molecule has 1 atom stereocenters. The Morgan fingerprint density at radius 3 is 2.52 bits per heavy atom.